The summed E-state index contributed by atoms with van der Waals surface area (Å²) in [5.74, 6) is 0.472. The number of rotatable bonds is 5. The molecule has 3 amide bonds. The Morgan fingerprint density at radius 2 is 1.86 bits per heavy atom. The van der Waals surface area contributed by atoms with Crippen molar-refractivity contribution in [1.29, 1.82) is 0 Å². The maximum absolute atomic E-state index is 12.8. The Kier molecular flexibility index (Phi) is 6.31. The topological polar surface area (TPSA) is 78.8 Å². The summed E-state index contributed by atoms with van der Waals surface area (Å²) in [5, 5.41) is 0. The lowest BCUT2D eigenvalue weighted by molar-refractivity contribution is -0.150. The van der Waals surface area contributed by atoms with Gasteiger partial charge in [0.05, 0.1) is 6.54 Å². The largest absolute Gasteiger partial charge is 0.347 e. The zero-order chi connectivity index (χ0) is 21.0. The molecule has 0 N–H and O–H groups in total. The Labute approximate surface area is 170 Å². The number of hydrogen-bond acceptors (Lipinski definition) is 4. The summed E-state index contributed by atoms with van der Waals surface area (Å²) in [6.45, 7) is 2.99. The van der Waals surface area contributed by atoms with Crippen molar-refractivity contribution < 1.29 is 14.4 Å². The maximum atomic E-state index is 12.8. The highest BCUT2D eigenvalue weighted by Gasteiger charge is 2.36. The number of carbonyl (C=O) groups excluding carboxylic acids is 3. The first-order chi connectivity index (χ1) is 13.9. The first kappa shape index (κ1) is 20.6. The second-order valence-electron chi connectivity index (χ2n) is 7.36. The minimum atomic E-state index is -0.631. The van der Waals surface area contributed by atoms with E-state index in [1.807, 2.05) is 41.1 Å². The Bertz CT molecular complexity index is 877. The lowest BCUT2D eigenvalue weighted by atomic mass is 10.1. The van der Waals surface area contributed by atoms with Crippen LogP contribution in [0.15, 0.2) is 42.7 Å². The highest BCUT2D eigenvalue weighted by atomic mass is 16.2. The fourth-order valence-corrected chi connectivity index (χ4v) is 3.61. The molecule has 1 aliphatic heterocycles. The van der Waals surface area contributed by atoms with Gasteiger partial charge in [-0.1, -0.05) is 30.3 Å². The van der Waals surface area contributed by atoms with Gasteiger partial charge in [-0.15, -0.1) is 0 Å². The lowest BCUT2D eigenvalue weighted by Gasteiger charge is -2.41. The average molecular weight is 397 g/mol. The summed E-state index contributed by atoms with van der Waals surface area (Å²) in [7, 11) is 3.32. The van der Waals surface area contributed by atoms with Crippen LogP contribution in [0.1, 0.15) is 13.3 Å². The third-order valence-corrected chi connectivity index (χ3v) is 5.18. The average Bonchev–Trinajstić information content (AvgIpc) is 3.20. The minimum Gasteiger partial charge on any atom is -0.347 e. The van der Waals surface area contributed by atoms with Gasteiger partial charge in [0.1, 0.15) is 11.9 Å². The molecule has 29 heavy (non-hydrogen) atoms. The number of piperazine rings is 1. The van der Waals surface area contributed by atoms with E-state index in [4.69, 9.17) is 0 Å². The van der Waals surface area contributed by atoms with E-state index in [1.165, 1.54) is 11.8 Å². The fourth-order valence-electron chi connectivity index (χ4n) is 3.61. The molecule has 0 spiro atoms. The molecule has 1 aliphatic rings. The third-order valence-electron chi connectivity index (χ3n) is 5.18. The van der Waals surface area contributed by atoms with Crippen molar-refractivity contribution in [2.24, 2.45) is 0 Å². The van der Waals surface area contributed by atoms with Crippen molar-refractivity contribution in [2.75, 3.05) is 33.7 Å². The van der Waals surface area contributed by atoms with Crippen molar-refractivity contribution in [1.82, 2.24) is 24.3 Å². The van der Waals surface area contributed by atoms with Crippen molar-refractivity contribution in [3.05, 3.63) is 42.7 Å². The lowest BCUT2D eigenvalue weighted by Crippen LogP contribution is -2.61. The van der Waals surface area contributed by atoms with Crippen molar-refractivity contribution in [3.8, 4) is 11.4 Å². The minimum absolute atomic E-state index is 0.0301. The van der Waals surface area contributed by atoms with Gasteiger partial charge in [0, 0.05) is 65.0 Å². The Morgan fingerprint density at radius 3 is 2.52 bits per heavy atom. The standard InChI is InChI=1S/C21H27N5O3/c1-16(27)26-14-13-25(15-18(26)21(29)23(2)3)19(28)9-11-24-12-10-22-20(24)17-7-5-4-6-8-17/h4-8,10,12,18H,9,11,13-15H2,1-3H3/t18-/m0/s1. The van der Waals surface area contributed by atoms with Crippen LogP contribution < -0.4 is 0 Å². The Hall–Kier alpha value is -3.16. The quantitative estimate of drug-likeness (QED) is 0.757. The van der Waals surface area contributed by atoms with Crippen LogP contribution in [0.4, 0.5) is 0 Å². The monoisotopic (exact) mass is 397 g/mol. The molecule has 0 radical (unpaired) electrons. The zero-order valence-corrected chi connectivity index (χ0v) is 17.1. The molecule has 1 atom stereocenters. The number of imidazole rings is 1. The first-order valence-corrected chi connectivity index (χ1v) is 9.71. The SMILES string of the molecule is CC(=O)N1CCN(C(=O)CCn2ccnc2-c2ccccc2)C[C@H]1C(=O)N(C)C. The van der Waals surface area contributed by atoms with Crippen LogP contribution in [0.2, 0.25) is 0 Å². The molecule has 2 aromatic rings. The summed E-state index contributed by atoms with van der Waals surface area (Å²) >= 11 is 0. The number of amides is 3. The summed E-state index contributed by atoms with van der Waals surface area (Å²) in [4.78, 5) is 46.3. The predicted molar refractivity (Wildman–Crippen MR) is 109 cm³/mol. The molecule has 0 unspecified atom stereocenters. The van der Waals surface area contributed by atoms with Crippen molar-refractivity contribution in [3.63, 3.8) is 0 Å². The van der Waals surface area contributed by atoms with Crippen LogP contribution in [-0.2, 0) is 20.9 Å². The van der Waals surface area contributed by atoms with Crippen LogP contribution in [0, 0.1) is 0 Å². The van der Waals surface area contributed by atoms with Crippen LogP contribution in [-0.4, -0.2) is 81.7 Å². The van der Waals surface area contributed by atoms with E-state index in [9.17, 15) is 14.4 Å². The number of aromatic nitrogens is 2. The molecule has 1 aromatic heterocycles. The molecule has 2 heterocycles. The van der Waals surface area contributed by atoms with Crippen LogP contribution in [0.3, 0.4) is 0 Å². The molecule has 1 aromatic carbocycles. The molecule has 1 saturated heterocycles. The Morgan fingerprint density at radius 1 is 1.14 bits per heavy atom. The smallest absolute Gasteiger partial charge is 0.246 e. The van der Waals surface area contributed by atoms with E-state index in [1.54, 1.807) is 30.1 Å². The van der Waals surface area contributed by atoms with Gasteiger partial charge in [0.15, 0.2) is 0 Å². The number of carbonyl (C=O) groups is 3. The second kappa shape index (κ2) is 8.89. The van der Waals surface area contributed by atoms with E-state index < -0.39 is 6.04 Å². The van der Waals surface area contributed by atoms with Gasteiger partial charge in [-0.3, -0.25) is 14.4 Å². The molecule has 3 rings (SSSR count). The summed E-state index contributed by atoms with van der Waals surface area (Å²) in [6, 6.07) is 9.20. The van der Waals surface area contributed by atoms with Crippen LogP contribution in [0.5, 0.6) is 0 Å². The van der Waals surface area contributed by atoms with Gasteiger partial charge in [-0.05, 0) is 0 Å². The van der Waals surface area contributed by atoms with Gasteiger partial charge in [-0.2, -0.15) is 0 Å². The van der Waals surface area contributed by atoms with Gasteiger partial charge in [0.25, 0.3) is 0 Å². The summed E-state index contributed by atoms with van der Waals surface area (Å²) < 4.78 is 1.96. The zero-order valence-electron chi connectivity index (χ0n) is 17.1. The van der Waals surface area contributed by atoms with Crippen molar-refractivity contribution >= 4 is 17.7 Å². The molecular formula is C21H27N5O3. The van der Waals surface area contributed by atoms with Gasteiger partial charge < -0.3 is 19.3 Å². The number of benzene rings is 1. The molecule has 0 aliphatic carbocycles. The van der Waals surface area contributed by atoms with Crippen LogP contribution >= 0.6 is 0 Å². The number of likely N-dealkylation sites (N-methyl/N-ethyl adjacent to an activating group) is 1. The predicted octanol–water partition coefficient (Wildman–Crippen LogP) is 1.09. The summed E-state index contributed by atoms with van der Waals surface area (Å²) in [5.41, 5.74) is 0.997. The van der Waals surface area contributed by atoms with E-state index >= 15 is 0 Å². The Balaban J connectivity index is 1.65. The molecule has 8 heteroatoms. The van der Waals surface area contributed by atoms with Gasteiger partial charge in [0.2, 0.25) is 17.7 Å². The second-order valence-corrected chi connectivity index (χ2v) is 7.36. The van der Waals surface area contributed by atoms with E-state index in [-0.39, 0.29) is 24.3 Å². The normalized spacial score (nSPS) is 16.6. The van der Waals surface area contributed by atoms with E-state index in [0.717, 1.165) is 11.4 Å². The number of aryl methyl sites for hydroxylation is 1. The third kappa shape index (κ3) is 4.64. The molecule has 1 fully saturated rings. The highest BCUT2D eigenvalue weighted by Crippen LogP contribution is 2.18. The van der Waals surface area contributed by atoms with Gasteiger partial charge in [-0.25, -0.2) is 4.98 Å². The molecular weight excluding hydrogens is 370 g/mol. The highest BCUT2D eigenvalue weighted by molar-refractivity contribution is 5.88. The molecule has 8 nitrogen and oxygen atoms in total. The molecule has 154 valence electrons. The molecule has 0 bridgehead atoms. The number of hydrogen-bond donors (Lipinski definition) is 0. The van der Waals surface area contributed by atoms with Gasteiger partial charge >= 0.3 is 0 Å². The maximum Gasteiger partial charge on any atom is 0.246 e. The van der Waals surface area contributed by atoms with Crippen molar-refractivity contribution in [2.45, 2.75) is 25.9 Å². The van der Waals surface area contributed by atoms with Crippen LogP contribution in [0.25, 0.3) is 11.4 Å². The van der Waals surface area contributed by atoms with E-state index in [2.05, 4.69) is 4.98 Å². The summed E-state index contributed by atoms with van der Waals surface area (Å²) in [6.07, 6.45) is 3.89. The number of nitrogens with zero attached hydrogens (tertiary/aromatic N) is 5. The molecule has 0 saturated carbocycles. The first-order valence-electron chi connectivity index (χ1n) is 9.71. The fraction of sp³-hybridized carbons (Fsp3) is 0.429. The van der Waals surface area contributed by atoms with E-state index in [0.29, 0.717) is 26.1 Å².